The van der Waals surface area contributed by atoms with Crippen LogP contribution in [0.25, 0.3) is 10.9 Å². The monoisotopic (exact) mass is 316 g/mol. The van der Waals surface area contributed by atoms with Crippen molar-refractivity contribution in [2.24, 2.45) is 0 Å². The van der Waals surface area contributed by atoms with Crippen molar-refractivity contribution >= 4 is 34.1 Å². The Balaban J connectivity index is 1.54. The van der Waals surface area contributed by atoms with Crippen LogP contribution >= 0.6 is 12.2 Å². The van der Waals surface area contributed by atoms with Crippen LogP contribution in [-0.4, -0.2) is 22.0 Å². The van der Waals surface area contributed by atoms with Gasteiger partial charge in [-0.05, 0) is 31.1 Å². The van der Waals surface area contributed by atoms with Crippen molar-refractivity contribution in [2.75, 3.05) is 0 Å². The summed E-state index contributed by atoms with van der Waals surface area (Å²) in [5, 5.41) is 4.62. The predicted molar refractivity (Wildman–Crippen MR) is 91.5 cm³/mol. The normalized spacial score (nSPS) is 15.5. The molecule has 0 saturated heterocycles. The van der Waals surface area contributed by atoms with E-state index in [4.69, 9.17) is 12.2 Å². The second-order valence-corrected chi connectivity index (χ2v) is 6.04. The zero-order chi connectivity index (χ0) is 15.4. The van der Waals surface area contributed by atoms with Crippen molar-refractivity contribution in [1.29, 1.82) is 0 Å². The molecule has 0 radical (unpaired) electrons. The number of thiocarbonyl (C=S) groups is 1. The van der Waals surface area contributed by atoms with Gasteiger partial charge >= 0.3 is 0 Å². The lowest BCUT2D eigenvalue weighted by Crippen LogP contribution is -2.50. The van der Waals surface area contributed by atoms with Crippen LogP contribution in [-0.2, 0) is 0 Å². The Hall–Kier alpha value is -2.08. The topological polar surface area (TPSA) is 69.0 Å². The summed E-state index contributed by atoms with van der Waals surface area (Å²) < 4.78 is 0. The number of hydrogen-bond acceptors (Lipinski definition) is 2. The molecule has 1 amide bonds. The minimum atomic E-state index is -0.203. The van der Waals surface area contributed by atoms with Gasteiger partial charge in [0, 0.05) is 23.1 Å². The van der Waals surface area contributed by atoms with Gasteiger partial charge in [0.25, 0.3) is 5.91 Å². The first kappa shape index (κ1) is 14.8. The van der Waals surface area contributed by atoms with E-state index in [2.05, 4.69) is 21.2 Å². The summed E-state index contributed by atoms with van der Waals surface area (Å²) in [6.45, 7) is 0. The minimum absolute atomic E-state index is 0.203. The summed E-state index contributed by atoms with van der Waals surface area (Å²) in [6, 6.07) is 8.12. The Bertz CT molecular complexity index is 676. The molecule has 4 N–H and O–H groups in total. The van der Waals surface area contributed by atoms with E-state index in [1.165, 1.54) is 19.3 Å². The van der Waals surface area contributed by atoms with Gasteiger partial charge in [-0.15, -0.1) is 0 Å². The summed E-state index contributed by atoms with van der Waals surface area (Å²) in [5.41, 5.74) is 6.98. The van der Waals surface area contributed by atoms with Gasteiger partial charge in [0.15, 0.2) is 5.11 Å². The van der Waals surface area contributed by atoms with Crippen LogP contribution in [0.1, 0.15) is 42.5 Å². The number of para-hydroxylation sites is 1. The van der Waals surface area contributed by atoms with E-state index < -0.39 is 0 Å². The molecule has 2 aromatic rings. The van der Waals surface area contributed by atoms with Crippen LogP contribution in [0, 0.1) is 0 Å². The molecule has 0 spiro atoms. The number of aromatic amines is 1. The highest BCUT2D eigenvalue weighted by atomic mass is 32.1. The summed E-state index contributed by atoms with van der Waals surface area (Å²) in [4.78, 5) is 15.3. The number of H-pyrrole nitrogens is 1. The van der Waals surface area contributed by atoms with Crippen molar-refractivity contribution in [1.82, 2.24) is 21.2 Å². The van der Waals surface area contributed by atoms with Gasteiger partial charge in [0.1, 0.15) is 0 Å². The van der Waals surface area contributed by atoms with Crippen LogP contribution in [0.15, 0.2) is 30.5 Å². The maximum Gasteiger partial charge on any atom is 0.271 e. The number of hydrogen-bond donors (Lipinski definition) is 4. The molecule has 1 saturated carbocycles. The lowest BCUT2D eigenvalue weighted by Gasteiger charge is -2.24. The maximum atomic E-state index is 12.2. The Morgan fingerprint density at radius 1 is 1.14 bits per heavy atom. The zero-order valence-corrected chi connectivity index (χ0v) is 13.1. The molecule has 1 aliphatic carbocycles. The molecule has 5 nitrogen and oxygen atoms in total. The predicted octanol–water partition coefficient (Wildman–Crippen LogP) is 2.61. The smallest absolute Gasteiger partial charge is 0.271 e. The number of benzene rings is 1. The zero-order valence-electron chi connectivity index (χ0n) is 12.3. The fraction of sp³-hybridized carbons (Fsp3) is 0.375. The number of nitrogens with one attached hydrogen (secondary N) is 4. The van der Waals surface area contributed by atoms with E-state index in [9.17, 15) is 4.79 Å². The number of amides is 1. The highest BCUT2D eigenvalue weighted by Crippen LogP contribution is 2.18. The Kier molecular flexibility index (Phi) is 4.58. The number of fused-ring (bicyclic) bond motifs is 1. The minimum Gasteiger partial charge on any atom is -0.360 e. The average Bonchev–Trinajstić information content (AvgIpc) is 2.98. The number of carbonyl (C=O) groups is 1. The van der Waals surface area contributed by atoms with Gasteiger partial charge in [-0.1, -0.05) is 37.5 Å². The molecular formula is C16H20N4OS. The molecule has 6 heteroatoms. The first-order valence-corrected chi connectivity index (χ1v) is 8.08. The van der Waals surface area contributed by atoms with E-state index in [-0.39, 0.29) is 5.91 Å². The van der Waals surface area contributed by atoms with Gasteiger partial charge in [0.05, 0.1) is 5.56 Å². The van der Waals surface area contributed by atoms with Crippen LogP contribution in [0.5, 0.6) is 0 Å². The summed E-state index contributed by atoms with van der Waals surface area (Å²) >= 11 is 5.23. The first-order chi connectivity index (χ1) is 10.7. The van der Waals surface area contributed by atoms with Crippen molar-refractivity contribution in [2.45, 2.75) is 38.1 Å². The van der Waals surface area contributed by atoms with E-state index in [1.807, 2.05) is 24.3 Å². The van der Waals surface area contributed by atoms with E-state index in [0.29, 0.717) is 16.7 Å². The van der Waals surface area contributed by atoms with Gasteiger partial charge < -0.3 is 10.3 Å². The Labute approximate surface area is 134 Å². The van der Waals surface area contributed by atoms with Crippen molar-refractivity contribution in [3.63, 3.8) is 0 Å². The van der Waals surface area contributed by atoms with Crippen LogP contribution < -0.4 is 16.2 Å². The fourth-order valence-electron chi connectivity index (χ4n) is 2.91. The fourth-order valence-corrected chi connectivity index (χ4v) is 3.13. The number of carbonyl (C=O) groups excluding carboxylic acids is 1. The molecule has 1 fully saturated rings. The molecule has 0 aliphatic heterocycles. The van der Waals surface area contributed by atoms with Crippen molar-refractivity contribution in [3.8, 4) is 0 Å². The molecule has 1 aromatic carbocycles. The molecule has 1 aromatic heterocycles. The largest absolute Gasteiger partial charge is 0.360 e. The molecule has 22 heavy (non-hydrogen) atoms. The molecule has 0 unspecified atom stereocenters. The molecule has 3 rings (SSSR count). The van der Waals surface area contributed by atoms with Gasteiger partial charge in [-0.2, -0.15) is 0 Å². The standard InChI is InChI=1S/C16H20N4OS/c21-15(13-10-17-14-9-5-4-8-12(13)14)19-20-16(22)18-11-6-2-1-3-7-11/h4-5,8-11,17H,1-3,6-7H2,(H,19,21)(H2,18,20,22). The number of hydrazine groups is 1. The summed E-state index contributed by atoms with van der Waals surface area (Å²) in [6.07, 6.45) is 7.76. The molecule has 116 valence electrons. The Morgan fingerprint density at radius 2 is 1.91 bits per heavy atom. The van der Waals surface area contributed by atoms with E-state index >= 15 is 0 Å². The third-order valence-electron chi connectivity index (χ3n) is 4.06. The Morgan fingerprint density at radius 3 is 2.73 bits per heavy atom. The number of aromatic nitrogens is 1. The highest BCUT2D eigenvalue weighted by molar-refractivity contribution is 7.80. The third-order valence-corrected chi connectivity index (χ3v) is 4.28. The van der Waals surface area contributed by atoms with Gasteiger partial charge in [0.2, 0.25) is 0 Å². The first-order valence-electron chi connectivity index (χ1n) is 7.67. The van der Waals surface area contributed by atoms with E-state index in [1.54, 1.807) is 6.20 Å². The van der Waals surface area contributed by atoms with Gasteiger partial charge in [-0.3, -0.25) is 15.6 Å². The number of rotatable bonds is 2. The average molecular weight is 316 g/mol. The lowest BCUT2D eigenvalue weighted by atomic mass is 9.96. The van der Waals surface area contributed by atoms with Crippen LogP contribution in [0.3, 0.4) is 0 Å². The third kappa shape index (κ3) is 3.39. The molecular weight excluding hydrogens is 296 g/mol. The van der Waals surface area contributed by atoms with Gasteiger partial charge in [-0.25, -0.2) is 0 Å². The molecule has 0 bridgehead atoms. The van der Waals surface area contributed by atoms with E-state index in [0.717, 1.165) is 23.7 Å². The quantitative estimate of drug-likeness (QED) is 0.508. The van der Waals surface area contributed by atoms with Crippen molar-refractivity contribution < 1.29 is 4.79 Å². The molecule has 1 heterocycles. The maximum absolute atomic E-state index is 12.2. The SMILES string of the molecule is O=C(NNC(=S)NC1CCCCC1)c1c[nH]c2ccccc12. The lowest BCUT2D eigenvalue weighted by molar-refractivity contribution is 0.0945. The summed E-state index contributed by atoms with van der Waals surface area (Å²) in [5.74, 6) is -0.203. The molecule has 1 aliphatic rings. The summed E-state index contributed by atoms with van der Waals surface area (Å²) in [7, 11) is 0. The van der Waals surface area contributed by atoms with Crippen molar-refractivity contribution in [3.05, 3.63) is 36.0 Å². The van der Waals surface area contributed by atoms with Crippen LogP contribution in [0.2, 0.25) is 0 Å². The van der Waals surface area contributed by atoms with Crippen LogP contribution in [0.4, 0.5) is 0 Å². The highest BCUT2D eigenvalue weighted by Gasteiger charge is 2.15. The second kappa shape index (κ2) is 6.79. The molecule has 0 atom stereocenters. The second-order valence-electron chi connectivity index (χ2n) is 5.64.